The summed E-state index contributed by atoms with van der Waals surface area (Å²) in [5.74, 6) is 0. The molecule has 0 aliphatic carbocycles. The molecule has 0 rings (SSSR count). The van der Waals surface area contributed by atoms with E-state index in [1.807, 2.05) is 26.8 Å². The summed E-state index contributed by atoms with van der Waals surface area (Å²) in [5, 5.41) is 10.9. The Hall–Kier alpha value is -1.32. The summed E-state index contributed by atoms with van der Waals surface area (Å²) in [5.41, 5.74) is -0.480. The highest BCUT2D eigenvalue weighted by Gasteiger charge is 2.15. The molecule has 0 radical (unpaired) electrons. The maximum atomic E-state index is 11.3. The monoisotopic (exact) mass is 272 g/mol. The second-order valence-corrected chi connectivity index (χ2v) is 4.92. The van der Waals surface area contributed by atoms with Gasteiger partial charge in [-0.2, -0.15) is 5.26 Å². The summed E-state index contributed by atoms with van der Waals surface area (Å²) < 4.78 is 15.6. The lowest BCUT2D eigenvalue weighted by atomic mass is 10.2. The van der Waals surface area contributed by atoms with E-state index < -0.39 is 11.7 Å². The fourth-order valence-corrected chi connectivity index (χ4v) is 1.12. The second kappa shape index (κ2) is 10.6. The number of hydrogen-bond acceptors (Lipinski definition) is 5. The van der Waals surface area contributed by atoms with Gasteiger partial charge in [-0.05, 0) is 27.2 Å². The third-order valence-corrected chi connectivity index (χ3v) is 1.85. The van der Waals surface area contributed by atoms with E-state index in [1.165, 1.54) is 0 Å². The maximum Gasteiger partial charge on any atom is 0.407 e. The minimum atomic E-state index is -0.480. The number of carbonyl (C=O) groups excluding carboxylic acids is 1. The van der Waals surface area contributed by atoms with Crippen LogP contribution in [0.4, 0.5) is 4.79 Å². The van der Waals surface area contributed by atoms with Crippen LogP contribution in [-0.2, 0) is 14.2 Å². The first-order valence-electron chi connectivity index (χ1n) is 6.45. The fourth-order valence-electron chi connectivity index (χ4n) is 1.12. The Morgan fingerprint density at radius 2 is 1.79 bits per heavy atom. The van der Waals surface area contributed by atoms with Crippen molar-refractivity contribution in [2.75, 3.05) is 33.0 Å². The zero-order valence-corrected chi connectivity index (χ0v) is 12.0. The third kappa shape index (κ3) is 14.6. The van der Waals surface area contributed by atoms with Gasteiger partial charge >= 0.3 is 6.09 Å². The van der Waals surface area contributed by atoms with E-state index in [4.69, 9.17) is 19.5 Å². The van der Waals surface area contributed by atoms with Crippen molar-refractivity contribution >= 4 is 6.09 Å². The first-order valence-corrected chi connectivity index (χ1v) is 6.45. The van der Waals surface area contributed by atoms with E-state index in [9.17, 15) is 4.79 Å². The quantitative estimate of drug-likeness (QED) is 0.648. The molecule has 6 heteroatoms. The maximum absolute atomic E-state index is 11.3. The number of ether oxygens (including phenoxy) is 3. The van der Waals surface area contributed by atoms with Crippen molar-refractivity contribution in [2.45, 2.75) is 39.2 Å². The SMILES string of the molecule is CC(C)(C)OC(=O)NCCOCCCOCCC#N. The molecular formula is C13H24N2O4. The van der Waals surface area contributed by atoms with Gasteiger partial charge in [-0.1, -0.05) is 0 Å². The van der Waals surface area contributed by atoms with Gasteiger partial charge in [-0.25, -0.2) is 4.79 Å². The smallest absolute Gasteiger partial charge is 0.407 e. The number of alkyl carbamates (subject to hydrolysis) is 1. The van der Waals surface area contributed by atoms with Crippen molar-refractivity contribution in [3.05, 3.63) is 0 Å². The predicted octanol–water partition coefficient (Wildman–Crippen LogP) is 1.85. The van der Waals surface area contributed by atoms with Gasteiger partial charge in [0.1, 0.15) is 5.60 Å². The average Bonchev–Trinajstić information content (AvgIpc) is 2.29. The average molecular weight is 272 g/mol. The van der Waals surface area contributed by atoms with E-state index in [0.717, 1.165) is 6.42 Å². The minimum absolute atomic E-state index is 0.417. The number of nitrogens with zero attached hydrogens (tertiary/aromatic N) is 1. The minimum Gasteiger partial charge on any atom is -0.444 e. The molecule has 0 atom stereocenters. The lowest BCUT2D eigenvalue weighted by Crippen LogP contribution is -2.34. The van der Waals surface area contributed by atoms with Crippen molar-refractivity contribution in [1.82, 2.24) is 5.32 Å². The molecule has 19 heavy (non-hydrogen) atoms. The molecule has 0 aromatic carbocycles. The summed E-state index contributed by atoms with van der Waals surface area (Å²) in [6.45, 7) is 7.93. The second-order valence-electron chi connectivity index (χ2n) is 4.92. The Balaban J connectivity index is 3.23. The number of nitrogens with one attached hydrogen (secondary N) is 1. The molecule has 1 N–H and O–H groups in total. The molecule has 0 fully saturated rings. The van der Waals surface area contributed by atoms with Gasteiger partial charge in [-0.3, -0.25) is 0 Å². The van der Waals surface area contributed by atoms with Gasteiger partial charge in [0.25, 0.3) is 0 Å². The molecule has 0 aliphatic heterocycles. The van der Waals surface area contributed by atoms with E-state index in [0.29, 0.717) is 39.4 Å². The summed E-state index contributed by atoms with van der Waals surface area (Å²) in [6, 6.07) is 2.00. The molecule has 0 heterocycles. The summed E-state index contributed by atoms with van der Waals surface area (Å²) in [6.07, 6.45) is 0.759. The zero-order valence-electron chi connectivity index (χ0n) is 12.0. The molecule has 0 spiro atoms. The van der Waals surface area contributed by atoms with E-state index >= 15 is 0 Å². The molecule has 0 bridgehead atoms. The van der Waals surface area contributed by atoms with Gasteiger partial charge in [-0.15, -0.1) is 0 Å². The molecule has 1 amide bonds. The van der Waals surface area contributed by atoms with Crippen LogP contribution in [-0.4, -0.2) is 44.7 Å². The Kier molecular flexibility index (Phi) is 9.85. The number of hydrogen-bond donors (Lipinski definition) is 1. The lowest BCUT2D eigenvalue weighted by molar-refractivity contribution is 0.0485. The molecule has 0 aliphatic rings. The van der Waals surface area contributed by atoms with Crippen molar-refractivity contribution < 1.29 is 19.0 Å². The van der Waals surface area contributed by atoms with E-state index in [-0.39, 0.29) is 0 Å². The Bertz CT molecular complexity index is 281. The van der Waals surface area contributed by atoms with Gasteiger partial charge in [0.2, 0.25) is 0 Å². The van der Waals surface area contributed by atoms with Crippen LogP contribution in [0.5, 0.6) is 0 Å². The summed E-state index contributed by atoms with van der Waals surface area (Å²) in [4.78, 5) is 11.3. The number of amides is 1. The highest BCUT2D eigenvalue weighted by atomic mass is 16.6. The lowest BCUT2D eigenvalue weighted by Gasteiger charge is -2.19. The summed E-state index contributed by atoms with van der Waals surface area (Å²) >= 11 is 0. The van der Waals surface area contributed by atoms with Gasteiger partial charge in [0, 0.05) is 19.8 Å². The zero-order chi connectivity index (χ0) is 14.6. The van der Waals surface area contributed by atoms with Crippen molar-refractivity contribution in [2.24, 2.45) is 0 Å². The Labute approximate surface area is 115 Å². The van der Waals surface area contributed by atoms with Crippen LogP contribution in [0.15, 0.2) is 0 Å². The highest BCUT2D eigenvalue weighted by molar-refractivity contribution is 5.67. The normalized spacial score (nSPS) is 10.8. The molecule has 0 saturated carbocycles. The molecule has 0 saturated heterocycles. The molecule has 0 aromatic heterocycles. The Morgan fingerprint density at radius 1 is 1.16 bits per heavy atom. The van der Waals surface area contributed by atoms with Gasteiger partial charge < -0.3 is 19.5 Å². The predicted molar refractivity (Wildman–Crippen MR) is 70.7 cm³/mol. The first kappa shape index (κ1) is 17.7. The van der Waals surface area contributed by atoms with Crippen LogP contribution in [0.3, 0.4) is 0 Å². The van der Waals surface area contributed by atoms with Gasteiger partial charge in [0.15, 0.2) is 0 Å². The number of carbonyl (C=O) groups is 1. The largest absolute Gasteiger partial charge is 0.444 e. The van der Waals surface area contributed by atoms with Crippen LogP contribution in [0.2, 0.25) is 0 Å². The van der Waals surface area contributed by atoms with Crippen molar-refractivity contribution in [3.63, 3.8) is 0 Å². The van der Waals surface area contributed by atoms with E-state index in [2.05, 4.69) is 5.32 Å². The third-order valence-electron chi connectivity index (χ3n) is 1.85. The van der Waals surface area contributed by atoms with Crippen LogP contribution in [0.1, 0.15) is 33.6 Å². The first-order chi connectivity index (χ1) is 8.95. The van der Waals surface area contributed by atoms with Crippen LogP contribution in [0, 0.1) is 11.3 Å². The Morgan fingerprint density at radius 3 is 2.37 bits per heavy atom. The molecule has 6 nitrogen and oxygen atoms in total. The topological polar surface area (TPSA) is 80.6 Å². The number of rotatable bonds is 9. The fraction of sp³-hybridized carbons (Fsp3) is 0.846. The van der Waals surface area contributed by atoms with Crippen molar-refractivity contribution in [1.29, 1.82) is 5.26 Å². The number of nitriles is 1. The standard InChI is InChI=1S/C13H24N2O4/c1-13(2,3)19-12(16)15-7-11-18-10-5-9-17-8-4-6-14/h4-5,7-11H2,1-3H3,(H,15,16). The summed E-state index contributed by atoms with van der Waals surface area (Å²) in [7, 11) is 0. The van der Waals surface area contributed by atoms with Crippen LogP contribution < -0.4 is 5.32 Å². The molecular weight excluding hydrogens is 248 g/mol. The van der Waals surface area contributed by atoms with Crippen molar-refractivity contribution in [3.8, 4) is 6.07 Å². The van der Waals surface area contributed by atoms with Crippen LogP contribution in [0.25, 0.3) is 0 Å². The van der Waals surface area contributed by atoms with Crippen LogP contribution >= 0.6 is 0 Å². The van der Waals surface area contributed by atoms with Gasteiger partial charge in [0.05, 0.1) is 25.7 Å². The molecule has 0 unspecified atom stereocenters. The molecule has 110 valence electrons. The molecule has 0 aromatic rings. The highest BCUT2D eigenvalue weighted by Crippen LogP contribution is 2.05. The van der Waals surface area contributed by atoms with E-state index in [1.54, 1.807) is 0 Å².